The van der Waals surface area contributed by atoms with Crippen LogP contribution in [0.5, 0.6) is 5.75 Å². The van der Waals surface area contributed by atoms with Gasteiger partial charge in [0.25, 0.3) is 0 Å². The lowest BCUT2D eigenvalue weighted by molar-refractivity contribution is -0.113. The molecule has 0 aliphatic rings. The van der Waals surface area contributed by atoms with Crippen molar-refractivity contribution in [3.63, 3.8) is 0 Å². The Morgan fingerprint density at radius 3 is 2.54 bits per heavy atom. The maximum Gasteiger partial charge on any atom is 0.234 e. The van der Waals surface area contributed by atoms with Crippen LogP contribution in [-0.4, -0.2) is 33.0 Å². The van der Waals surface area contributed by atoms with Crippen LogP contribution in [0, 0.1) is 20.8 Å². The molecule has 0 aliphatic heterocycles. The van der Waals surface area contributed by atoms with E-state index in [1.165, 1.54) is 17.3 Å². The summed E-state index contributed by atoms with van der Waals surface area (Å²) >= 11 is 1.36. The van der Waals surface area contributed by atoms with Gasteiger partial charge in [0.1, 0.15) is 11.6 Å². The van der Waals surface area contributed by atoms with E-state index in [9.17, 15) is 4.79 Å². The van der Waals surface area contributed by atoms with Crippen LogP contribution >= 0.6 is 11.8 Å². The summed E-state index contributed by atoms with van der Waals surface area (Å²) in [6.45, 7) is 8.49. The van der Waals surface area contributed by atoms with E-state index in [4.69, 9.17) is 4.74 Å². The van der Waals surface area contributed by atoms with Crippen molar-refractivity contribution in [3.8, 4) is 11.4 Å². The molecule has 3 aromatic rings. The van der Waals surface area contributed by atoms with Crippen LogP contribution in [0.1, 0.15) is 23.9 Å². The van der Waals surface area contributed by atoms with Gasteiger partial charge in [-0.1, -0.05) is 29.5 Å². The second kappa shape index (κ2) is 8.93. The van der Waals surface area contributed by atoms with Gasteiger partial charge in [-0.2, -0.15) is 0 Å². The average molecular weight is 397 g/mol. The van der Waals surface area contributed by atoms with Crippen molar-refractivity contribution in [1.29, 1.82) is 0 Å². The topological polar surface area (TPSA) is 69.0 Å². The molecule has 1 N–H and O–H groups in total. The molecule has 3 rings (SSSR count). The minimum absolute atomic E-state index is 0.0733. The lowest BCUT2D eigenvalue weighted by Gasteiger charge is -2.11. The molecular formula is C21H24N4O2S. The fourth-order valence-corrected chi connectivity index (χ4v) is 3.66. The molecule has 6 nitrogen and oxygen atoms in total. The Morgan fingerprint density at radius 2 is 1.86 bits per heavy atom. The number of rotatable bonds is 7. The van der Waals surface area contributed by atoms with Crippen molar-refractivity contribution >= 4 is 23.4 Å². The van der Waals surface area contributed by atoms with Gasteiger partial charge in [-0.25, -0.2) is 0 Å². The zero-order chi connectivity index (χ0) is 20.1. The summed E-state index contributed by atoms with van der Waals surface area (Å²) in [6.07, 6.45) is 0. The van der Waals surface area contributed by atoms with E-state index in [1.807, 2.05) is 68.7 Å². The molecule has 146 valence electrons. The molecule has 1 amide bonds. The number of hydrogen-bond donors (Lipinski definition) is 1. The monoisotopic (exact) mass is 396 g/mol. The predicted octanol–water partition coefficient (Wildman–Crippen LogP) is 4.32. The molecule has 0 saturated carbocycles. The third-order valence-electron chi connectivity index (χ3n) is 4.19. The summed E-state index contributed by atoms with van der Waals surface area (Å²) in [5.41, 5.74) is 3.99. The first kappa shape index (κ1) is 19.9. The molecular weight excluding hydrogens is 372 g/mol. The van der Waals surface area contributed by atoms with E-state index in [0.29, 0.717) is 11.8 Å². The highest BCUT2D eigenvalue weighted by Crippen LogP contribution is 2.24. The number of benzene rings is 2. The van der Waals surface area contributed by atoms with Crippen LogP contribution in [0.2, 0.25) is 0 Å². The fourth-order valence-electron chi connectivity index (χ4n) is 2.86. The molecule has 0 bridgehead atoms. The molecule has 7 heteroatoms. The third kappa shape index (κ3) is 4.72. The lowest BCUT2D eigenvalue weighted by atomic mass is 10.1. The molecule has 2 aromatic carbocycles. The van der Waals surface area contributed by atoms with Crippen LogP contribution in [-0.2, 0) is 4.79 Å². The third-order valence-corrected chi connectivity index (χ3v) is 5.12. The predicted molar refractivity (Wildman–Crippen MR) is 113 cm³/mol. The van der Waals surface area contributed by atoms with Gasteiger partial charge in [0, 0.05) is 11.4 Å². The van der Waals surface area contributed by atoms with Gasteiger partial charge in [-0.05, 0) is 63.6 Å². The number of aryl methyl sites for hydroxylation is 3. The maximum atomic E-state index is 12.4. The van der Waals surface area contributed by atoms with E-state index < -0.39 is 0 Å². The zero-order valence-corrected chi connectivity index (χ0v) is 17.3. The molecule has 0 spiro atoms. The highest BCUT2D eigenvalue weighted by Gasteiger charge is 2.14. The van der Waals surface area contributed by atoms with Crippen molar-refractivity contribution in [2.45, 2.75) is 32.9 Å². The Bertz CT molecular complexity index is 967. The highest BCUT2D eigenvalue weighted by atomic mass is 32.2. The molecule has 1 aromatic heterocycles. The number of carbonyl (C=O) groups is 1. The number of ether oxygens (including phenoxy) is 1. The summed E-state index contributed by atoms with van der Waals surface area (Å²) in [5.74, 6) is 1.76. The molecule has 0 unspecified atom stereocenters. The van der Waals surface area contributed by atoms with Gasteiger partial charge in [0.15, 0.2) is 5.16 Å². The Morgan fingerprint density at radius 1 is 1.11 bits per heavy atom. The fraction of sp³-hybridized carbons (Fsp3) is 0.286. The largest absolute Gasteiger partial charge is 0.494 e. The standard InChI is InChI=1S/C21H24N4O2S/c1-5-27-18-9-7-17(8-10-18)25-16(4)23-24-21(25)28-13-20(26)22-19-11-6-14(2)12-15(19)3/h6-12H,5,13H2,1-4H3,(H,22,26). The Labute approximate surface area is 169 Å². The molecule has 0 atom stereocenters. The number of carbonyl (C=O) groups excluding carboxylic acids is 1. The first-order chi connectivity index (χ1) is 13.5. The van der Waals surface area contributed by atoms with Crippen LogP contribution in [0.4, 0.5) is 5.69 Å². The maximum absolute atomic E-state index is 12.4. The SMILES string of the molecule is CCOc1ccc(-n2c(C)nnc2SCC(=O)Nc2ccc(C)cc2C)cc1. The quantitative estimate of drug-likeness (QED) is 0.602. The van der Waals surface area contributed by atoms with Crippen LogP contribution in [0.15, 0.2) is 47.6 Å². The van der Waals surface area contributed by atoms with Gasteiger partial charge in [0.05, 0.1) is 12.4 Å². The van der Waals surface area contributed by atoms with Crippen molar-refractivity contribution in [3.05, 3.63) is 59.4 Å². The molecule has 0 saturated heterocycles. The Kier molecular flexibility index (Phi) is 6.36. The smallest absolute Gasteiger partial charge is 0.234 e. The first-order valence-corrected chi connectivity index (χ1v) is 10.1. The summed E-state index contributed by atoms with van der Waals surface area (Å²) in [5, 5.41) is 12.0. The Hall–Kier alpha value is -2.80. The van der Waals surface area contributed by atoms with Gasteiger partial charge in [0.2, 0.25) is 5.91 Å². The zero-order valence-electron chi connectivity index (χ0n) is 16.5. The molecule has 0 radical (unpaired) electrons. The number of thioether (sulfide) groups is 1. The summed E-state index contributed by atoms with van der Waals surface area (Å²) < 4.78 is 7.43. The van der Waals surface area contributed by atoms with Gasteiger partial charge < -0.3 is 10.1 Å². The minimum Gasteiger partial charge on any atom is -0.494 e. The van der Waals surface area contributed by atoms with Crippen molar-refractivity contribution in [2.24, 2.45) is 0 Å². The lowest BCUT2D eigenvalue weighted by Crippen LogP contribution is -2.15. The van der Waals surface area contributed by atoms with Gasteiger partial charge in [-0.3, -0.25) is 9.36 Å². The van der Waals surface area contributed by atoms with Crippen LogP contribution < -0.4 is 10.1 Å². The van der Waals surface area contributed by atoms with Crippen LogP contribution in [0.25, 0.3) is 5.69 Å². The second-order valence-electron chi connectivity index (χ2n) is 6.45. The first-order valence-electron chi connectivity index (χ1n) is 9.13. The van der Waals surface area contributed by atoms with Crippen molar-refractivity contribution in [1.82, 2.24) is 14.8 Å². The van der Waals surface area contributed by atoms with E-state index in [-0.39, 0.29) is 11.7 Å². The van der Waals surface area contributed by atoms with E-state index >= 15 is 0 Å². The average Bonchev–Trinajstić information content (AvgIpc) is 3.04. The van der Waals surface area contributed by atoms with Crippen molar-refractivity contribution in [2.75, 3.05) is 17.7 Å². The van der Waals surface area contributed by atoms with Gasteiger partial charge >= 0.3 is 0 Å². The van der Waals surface area contributed by atoms with Crippen LogP contribution in [0.3, 0.4) is 0 Å². The number of anilines is 1. The second-order valence-corrected chi connectivity index (χ2v) is 7.39. The molecule has 0 aliphatic carbocycles. The number of amides is 1. The minimum atomic E-state index is -0.0733. The number of aromatic nitrogens is 3. The number of nitrogens with zero attached hydrogens (tertiary/aromatic N) is 3. The van der Waals surface area contributed by atoms with E-state index in [0.717, 1.165) is 28.5 Å². The summed E-state index contributed by atoms with van der Waals surface area (Å²) in [4.78, 5) is 12.4. The van der Waals surface area contributed by atoms with Gasteiger partial charge in [-0.15, -0.1) is 10.2 Å². The molecule has 1 heterocycles. The Balaban J connectivity index is 1.69. The summed E-state index contributed by atoms with van der Waals surface area (Å²) in [6, 6.07) is 13.7. The van der Waals surface area contributed by atoms with E-state index in [2.05, 4.69) is 21.6 Å². The van der Waals surface area contributed by atoms with Crippen molar-refractivity contribution < 1.29 is 9.53 Å². The normalized spacial score (nSPS) is 10.7. The summed E-state index contributed by atoms with van der Waals surface area (Å²) in [7, 11) is 0. The highest BCUT2D eigenvalue weighted by molar-refractivity contribution is 7.99. The number of hydrogen-bond acceptors (Lipinski definition) is 5. The molecule has 0 fully saturated rings. The van der Waals surface area contributed by atoms with E-state index in [1.54, 1.807) is 0 Å². The number of nitrogens with one attached hydrogen (secondary N) is 1. The molecule has 28 heavy (non-hydrogen) atoms.